The van der Waals surface area contributed by atoms with E-state index < -0.39 is 0 Å². The molecule has 0 fully saturated rings. The Morgan fingerprint density at radius 3 is 2.30 bits per heavy atom. The molecule has 0 aromatic heterocycles. The summed E-state index contributed by atoms with van der Waals surface area (Å²) in [5.74, 6) is 0.139. The maximum absolute atomic E-state index is 10.7. The van der Waals surface area contributed by atoms with Crippen LogP contribution in [0.15, 0.2) is 11.8 Å². The first-order chi connectivity index (χ1) is 4.57. The number of hydrogen-bond donors (Lipinski definition) is 0. The van der Waals surface area contributed by atoms with Gasteiger partial charge in [-0.3, -0.25) is 4.79 Å². The number of allylic oxidation sites excluding steroid dienone is 1. The van der Waals surface area contributed by atoms with Crippen molar-refractivity contribution in [2.75, 3.05) is 13.6 Å². The van der Waals surface area contributed by atoms with E-state index in [1.165, 1.54) is 0 Å². The van der Waals surface area contributed by atoms with Crippen molar-refractivity contribution in [3.05, 3.63) is 11.8 Å². The minimum absolute atomic E-state index is 0.139. The van der Waals surface area contributed by atoms with Crippen molar-refractivity contribution in [3.8, 4) is 0 Å². The number of nitrogens with zero attached hydrogens (tertiary/aromatic N) is 1. The van der Waals surface area contributed by atoms with E-state index in [4.69, 9.17) is 0 Å². The van der Waals surface area contributed by atoms with Gasteiger partial charge in [-0.15, -0.1) is 0 Å². The fraction of sp³-hybridized carbons (Fsp3) is 0.625. The van der Waals surface area contributed by atoms with Crippen molar-refractivity contribution in [1.82, 2.24) is 4.90 Å². The van der Waals surface area contributed by atoms with Crippen LogP contribution in [0.2, 0.25) is 0 Å². The number of ketones is 1. The predicted molar refractivity (Wildman–Crippen MR) is 42.7 cm³/mol. The van der Waals surface area contributed by atoms with E-state index in [1.54, 1.807) is 6.92 Å². The van der Waals surface area contributed by atoms with Gasteiger partial charge in [0, 0.05) is 25.4 Å². The van der Waals surface area contributed by atoms with Gasteiger partial charge >= 0.3 is 0 Å². The average Bonchev–Trinajstić information content (AvgIpc) is 1.87. The first kappa shape index (κ1) is 9.21. The Morgan fingerprint density at radius 2 is 2.00 bits per heavy atom. The number of hydrogen-bond acceptors (Lipinski definition) is 2. The van der Waals surface area contributed by atoms with E-state index in [9.17, 15) is 4.79 Å². The fourth-order valence-corrected chi connectivity index (χ4v) is 0.513. The molecule has 0 N–H and O–H groups in total. The fourth-order valence-electron chi connectivity index (χ4n) is 0.513. The maximum atomic E-state index is 10.7. The monoisotopic (exact) mass is 141 g/mol. The molecule has 0 heterocycles. The second-order valence-electron chi connectivity index (χ2n) is 2.44. The highest BCUT2D eigenvalue weighted by Crippen LogP contribution is 1.95. The third kappa shape index (κ3) is 3.28. The Labute approximate surface area is 62.5 Å². The molecule has 2 heteroatoms. The van der Waals surface area contributed by atoms with Crippen molar-refractivity contribution in [2.45, 2.75) is 20.8 Å². The van der Waals surface area contributed by atoms with Crippen molar-refractivity contribution in [2.24, 2.45) is 0 Å². The molecule has 0 amide bonds. The van der Waals surface area contributed by atoms with E-state index in [0.717, 1.165) is 12.1 Å². The normalized spacial score (nSPS) is 11.4. The van der Waals surface area contributed by atoms with Crippen LogP contribution in [0, 0.1) is 0 Å². The molecular formula is C8H15NO. The van der Waals surface area contributed by atoms with Gasteiger partial charge in [0.1, 0.15) is 0 Å². The van der Waals surface area contributed by atoms with Gasteiger partial charge in [-0.2, -0.15) is 0 Å². The highest BCUT2D eigenvalue weighted by Gasteiger charge is 1.95. The zero-order valence-electron chi connectivity index (χ0n) is 7.14. The Hall–Kier alpha value is -0.790. The van der Waals surface area contributed by atoms with Crippen LogP contribution < -0.4 is 0 Å². The quantitative estimate of drug-likeness (QED) is 0.554. The summed E-state index contributed by atoms with van der Waals surface area (Å²) in [6, 6.07) is 0. The lowest BCUT2D eigenvalue weighted by molar-refractivity contribution is -0.113. The molecule has 0 aromatic rings. The van der Waals surface area contributed by atoms with Crippen LogP contribution in [0.5, 0.6) is 0 Å². The van der Waals surface area contributed by atoms with Crippen LogP contribution in [0.4, 0.5) is 0 Å². The van der Waals surface area contributed by atoms with Crippen LogP contribution in [0.1, 0.15) is 20.8 Å². The SMILES string of the molecule is CCN(C)C=C(C)C(C)=O. The van der Waals surface area contributed by atoms with E-state index >= 15 is 0 Å². The number of rotatable bonds is 3. The smallest absolute Gasteiger partial charge is 0.156 e. The van der Waals surface area contributed by atoms with Crippen LogP contribution in [-0.4, -0.2) is 24.3 Å². The van der Waals surface area contributed by atoms with Crippen LogP contribution in [0.25, 0.3) is 0 Å². The largest absolute Gasteiger partial charge is 0.380 e. The van der Waals surface area contributed by atoms with Crippen LogP contribution in [0.3, 0.4) is 0 Å². The summed E-state index contributed by atoms with van der Waals surface area (Å²) < 4.78 is 0. The molecule has 0 aliphatic carbocycles. The first-order valence-electron chi connectivity index (χ1n) is 3.47. The molecule has 0 spiro atoms. The Kier molecular flexibility index (Phi) is 3.77. The molecule has 0 saturated carbocycles. The molecule has 58 valence electrons. The summed E-state index contributed by atoms with van der Waals surface area (Å²) in [6.07, 6.45) is 1.86. The van der Waals surface area contributed by atoms with Crippen LogP contribution >= 0.6 is 0 Å². The lowest BCUT2D eigenvalue weighted by atomic mass is 10.2. The van der Waals surface area contributed by atoms with Crippen molar-refractivity contribution in [1.29, 1.82) is 0 Å². The molecule has 0 atom stereocenters. The Morgan fingerprint density at radius 1 is 1.50 bits per heavy atom. The Bertz CT molecular complexity index is 149. The molecule has 0 aliphatic rings. The molecule has 0 rings (SSSR count). The summed E-state index contributed by atoms with van der Waals surface area (Å²) in [5.41, 5.74) is 0.810. The Balaban J connectivity index is 4.02. The van der Waals surface area contributed by atoms with Gasteiger partial charge in [-0.05, 0) is 20.8 Å². The topological polar surface area (TPSA) is 20.3 Å². The molecule has 0 unspecified atom stereocenters. The van der Waals surface area contributed by atoms with Gasteiger partial charge in [0.15, 0.2) is 5.78 Å². The maximum Gasteiger partial charge on any atom is 0.156 e. The standard InChI is InChI=1S/C8H15NO/c1-5-9(4)6-7(2)8(3)10/h6H,5H2,1-4H3. The van der Waals surface area contributed by atoms with Gasteiger partial charge in [-0.1, -0.05) is 0 Å². The van der Waals surface area contributed by atoms with Crippen molar-refractivity contribution < 1.29 is 4.79 Å². The highest BCUT2D eigenvalue weighted by molar-refractivity contribution is 5.92. The van der Waals surface area contributed by atoms with Crippen molar-refractivity contribution >= 4 is 5.78 Å². The molecule has 0 aliphatic heterocycles. The molecule has 0 aromatic carbocycles. The molecule has 0 radical (unpaired) electrons. The highest BCUT2D eigenvalue weighted by atomic mass is 16.1. The molecule has 0 saturated heterocycles. The van der Waals surface area contributed by atoms with E-state index in [1.807, 2.05) is 32.0 Å². The minimum atomic E-state index is 0.139. The lowest BCUT2D eigenvalue weighted by Gasteiger charge is -2.10. The lowest BCUT2D eigenvalue weighted by Crippen LogP contribution is -2.11. The second-order valence-corrected chi connectivity index (χ2v) is 2.44. The molecule has 10 heavy (non-hydrogen) atoms. The van der Waals surface area contributed by atoms with Crippen LogP contribution in [-0.2, 0) is 4.79 Å². The average molecular weight is 141 g/mol. The van der Waals surface area contributed by atoms with Gasteiger partial charge in [0.25, 0.3) is 0 Å². The summed E-state index contributed by atoms with van der Waals surface area (Å²) >= 11 is 0. The number of carbonyl (C=O) groups is 1. The van der Waals surface area contributed by atoms with E-state index in [2.05, 4.69) is 0 Å². The summed E-state index contributed by atoms with van der Waals surface area (Å²) in [5, 5.41) is 0. The molecule has 0 bridgehead atoms. The summed E-state index contributed by atoms with van der Waals surface area (Å²) in [6.45, 7) is 6.39. The van der Waals surface area contributed by atoms with Gasteiger partial charge in [-0.25, -0.2) is 0 Å². The van der Waals surface area contributed by atoms with Gasteiger partial charge in [0.2, 0.25) is 0 Å². The summed E-state index contributed by atoms with van der Waals surface area (Å²) in [4.78, 5) is 12.7. The van der Waals surface area contributed by atoms with Gasteiger partial charge < -0.3 is 4.90 Å². The third-order valence-electron chi connectivity index (χ3n) is 1.47. The second kappa shape index (κ2) is 4.09. The first-order valence-corrected chi connectivity index (χ1v) is 3.47. The zero-order chi connectivity index (χ0) is 8.15. The summed E-state index contributed by atoms with van der Waals surface area (Å²) in [7, 11) is 1.95. The molecular weight excluding hydrogens is 126 g/mol. The minimum Gasteiger partial charge on any atom is -0.380 e. The van der Waals surface area contributed by atoms with E-state index in [-0.39, 0.29) is 5.78 Å². The zero-order valence-corrected chi connectivity index (χ0v) is 7.14. The predicted octanol–water partition coefficient (Wildman–Crippen LogP) is 1.43. The third-order valence-corrected chi connectivity index (χ3v) is 1.47. The van der Waals surface area contributed by atoms with E-state index in [0.29, 0.717) is 0 Å². The number of Topliss-reactive ketones (excluding diaryl/α,β-unsaturated/α-hetero) is 1. The van der Waals surface area contributed by atoms with Gasteiger partial charge in [0.05, 0.1) is 0 Å². The number of carbonyl (C=O) groups excluding carboxylic acids is 1. The molecule has 2 nitrogen and oxygen atoms in total. The van der Waals surface area contributed by atoms with Crippen molar-refractivity contribution in [3.63, 3.8) is 0 Å².